The zero-order valence-corrected chi connectivity index (χ0v) is 50.6. The van der Waals surface area contributed by atoms with Crippen molar-refractivity contribution >= 4 is 180 Å². The first-order valence-electron chi connectivity index (χ1n) is 22.9. The Labute approximate surface area is 515 Å². The van der Waals surface area contributed by atoms with Crippen molar-refractivity contribution in [2.75, 3.05) is 15.2 Å². The molecule has 0 aliphatic heterocycles. The number of hydrogen-bond acceptors (Lipinski definition) is 18. The maximum Gasteiger partial charge on any atom is 0.489 e. The predicted molar refractivity (Wildman–Crippen MR) is 322 cm³/mol. The largest absolute Gasteiger partial charge is 0.489 e. The number of aromatic nitrogens is 6. The molecular formula is C50H33BCl5F6N9O8S6. The standard InChI is InChI=1S/C19H11ClF3N3O2S2.C12H8ClN3O2S2.C9H5Cl2NO2S.C7H5BClF3O2.C3H4N2S/c20-16-10-12(19(21,22)23)1-3-15(16)17-14-4-2-13(9-11(14)5-6-24-17)30(27,28)26-18-25-7-8-29-18;13-11-10-2-1-9(7-8(10)3-4-14-11)20(17,18)16-12-15-5-6-19-12;10-9-8-2-1-7(15(11,13)14)5-6(8)3-4-12-9;9-6-3-4(7(10,11)12)1-2-5(6)8(13)14;4-3-5-1-2-6-3/h1-10H,(H,25,26);1-7H,(H,15,16);1-5H;1-3,13-14H;1-2H,(H2,4,5). The van der Waals surface area contributed by atoms with Gasteiger partial charge in [-0.25, -0.2) is 50.2 Å². The molecule has 0 aliphatic carbocycles. The van der Waals surface area contributed by atoms with Gasteiger partial charge in [-0.3, -0.25) is 14.4 Å². The van der Waals surface area contributed by atoms with Crippen molar-refractivity contribution < 1.29 is 61.6 Å². The van der Waals surface area contributed by atoms with Crippen LogP contribution < -0.4 is 20.6 Å². The number of benzene rings is 5. The van der Waals surface area contributed by atoms with E-state index in [1.807, 2.05) is 5.38 Å². The predicted octanol–water partition coefficient (Wildman–Crippen LogP) is 13.6. The molecule has 0 amide bonds. The van der Waals surface area contributed by atoms with E-state index in [9.17, 15) is 51.6 Å². The van der Waals surface area contributed by atoms with Crippen molar-refractivity contribution in [3.05, 3.63) is 194 Å². The molecule has 17 nitrogen and oxygen atoms in total. The number of thiazole rings is 3. The van der Waals surface area contributed by atoms with Gasteiger partial charge >= 0.3 is 19.5 Å². The summed E-state index contributed by atoms with van der Waals surface area (Å²) in [5.74, 6) is 0. The van der Waals surface area contributed by atoms with Crippen molar-refractivity contribution in [1.82, 2.24) is 29.9 Å². The number of hydrogen-bond donors (Lipinski definition) is 5. The van der Waals surface area contributed by atoms with Crippen LogP contribution in [0.25, 0.3) is 43.6 Å². The number of rotatable bonds is 9. The Bertz CT molecular complexity index is 4500. The number of alkyl halides is 6. The minimum atomic E-state index is -4.51. The van der Waals surface area contributed by atoms with E-state index in [4.69, 9.17) is 72.9 Å². The van der Waals surface area contributed by atoms with Crippen molar-refractivity contribution in [2.45, 2.75) is 27.0 Å². The summed E-state index contributed by atoms with van der Waals surface area (Å²) in [6.07, 6.45) is 0.189. The first-order valence-corrected chi connectivity index (χ1v) is 32.4. The normalized spacial score (nSPS) is 11.7. The van der Waals surface area contributed by atoms with E-state index in [0.717, 1.165) is 35.6 Å². The van der Waals surface area contributed by atoms with Crippen molar-refractivity contribution in [2.24, 2.45) is 0 Å². The molecule has 442 valence electrons. The van der Waals surface area contributed by atoms with E-state index in [2.05, 4.69) is 39.3 Å². The molecule has 0 bridgehead atoms. The van der Waals surface area contributed by atoms with Gasteiger partial charge in [0.2, 0.25) is 0 Å². The third kappa shape index (κ3) is 17.8. The highest BCUT2D eigenvalue weighted by Crippen LogP contribution is 2.38. The zero-order valence-electron chi connectivity index (χ0n) is 41.9. The SMILES string of the molecule is Nc1nccs1.O=S(=O)(Cl)c1ccc2c(Cl)nccc2c1.O=S(=O)(Nc1nccs1)c1ccc2c(-c3ccc(C(F)(F)F)cc3Cl)nccc2c1.O=S(=O)(Nc1nccs1)c1ccc2c(Cl)nccc2c1.OB(O)c1ccc(C(F)(F)F)cc1Cl. The third-order valence-electron chi connectivity index (χ3n) is 10.9. The van der Waals surface area contributed by atoms with Gasteiger partial charge in [0.05, 0.1) is 36.5 Å². The van der Waals surface area contributed by atoms with E-state index in [-0.39, 0.29) is 35.3 Å². The lowest BCUT2D eigenvalue weighted by Gasteiger charge is -2.12. The molecule has 0 saturated heterocycles. The van der Waals surface area contributed by atoms with Gasteiger partial charge in [0.15, 0.2) is 15.4 Å². The summed E-state index contributed by atoms with van der Waals surface area (Å²) in [4.78, 5) is 23.8. The Kier molecular flexibility index (Phi) is 21.7. The number of pyridine rings is 3. The summed E-state index contributed by atoms with van der Waals surface area (Å²) < 4.78 is 152. The van der Waals surface area contributed by atoms with Gasteiger partial charge in [0.25, 0.3) is 29.1 Å². The number of nitrogens with two attached hydrogens (primary N) is 1. The molecule has 0 radical (unpaired) electrons. The van der Waals surface area contributed by atoms with Crippen molar-refractivity contribution in [1.29, 1.82) is 0 Å². The summed E-state index contributed by atoms with van der Waals surface area (Å²) in [7, 11) is -7.86. The van der Waals surface area contributed by atoms with E-state index < -0.39 is 59.7 Å². The van der Waals surface area contributed by atoms with Crippen LogP contribution in [0, 0.1) is 0 Å². The highest BCUT2D eigenvalue weighted by Gasteiger charge is 2.33. The highest BCUT2D eigenvalue weighted by molar-refractivity contribution is 8.13. The van der Waals surface area contributed by atoms with Crippen LogP contribution in [-0.2, 0) is 41.5 Å². The van der Waals surface area contributed by atoms with E-state index in [0.29, 0.717) is 70.2 Å². The Morgan fingerprint density at radius 3 is 1.31 bits per heavy atom. The van der Waals surface area contributed by atoms with E-state index in [1.165, 1.54) is 90.1 Å². The minimum Gasteiger partial charge on any atom is -0.423 e. The molecule has 6 N–H and O–H groups in total. The van der Waals surface area contributed by atoms with Gasteiger partial charge in [0.1, 0.15) is 10.3 Å². The van der Waals surface area contributed by atoms with Crippen molar-refractivity contribution in [3.8, 4) is 11.3 Å². The van der Waals surface area contributed by atoms with Crippen molar-refractivity contribution in [3.63, 3.8) is 0 Å². The molecule has 0 atom stereocenters. The monoisotopic (exact) mass is 1380 g/mol. The third-order valence-corrected chi connectivity index (χ3v) is 18.4. The first kappa shape index (κ1) is 66.0. The number of anilines is 3. The number of nitrogens with zero attached hydrogens (tertiary/aromatic N) is 6. The Hall–Kier alpha value is -6.52. The smallest absolute Gasteiger partial charge is 0.423 e. The maximum absolute atomic E-state index is 12.9. The minimum absolute atomic E-state index is 0.0147. The molecule has 6 heterocycles. The lowest BCUT2D eigenvalue weighted by molar-refractivity contribution is -0.138. The number of nitrogens with one attached hydrogen (secondary N) is 2. The fourth-order valence-electron chi connectivity index (χ4n) is 7.02. The second kappa shape index (κ2) is 27.9. The molecule has 0 saturated carbocycles. The summed E-state index contributed by atoms with van der Waals surface area (Å²) in [6, 6.07) is 23.9. The summed E-state index contributed by atoms with van der Waals surface area (Å²) >= 11 is 27.1. The highest BCUT2D eigenvalue weighted by atomic mass is 35.7. The Morgan fingerprint density at radius 2 is 0.906 bits per heavy atom. The maximum atomic E-state index is 12.9. The number of sulfonamides is 2. The summed E-state index contributed by atoms with van der Waals surface area (Å²) in [6.45, 7) is 0. The number of fused-ring (bicyclic) bond motifs is 3. The van der Waals surface area contributed by atoms with Gasteiger partial charge in [-0.15, -0.1) is 34.0 Å². The fraction of sp³-hybridized carbons (Fsp3) is 0.0400. The van der Waals surface area contributed by atoms with Gasteiger partial charge in [-0.1, -0.05) is 70.7 Å². The lowest BCUT2D eigenvalue weighted by Crippen LogP contribution is -2.31. The molecule has 11 rings (SSSR count). The molecule has 6 aromatic heterocycles. The Balaban J connectivity index is 0.000000164. The first-order chi connectivity index (χ1) is 39.9. The van der Waals surface area contributed by atoms with Crippen LogP contribution in [-0.4, -0.2) is 72.3 Å². The average molecular weight is 1380 g/mol. The molecular weight excluding hydrogens is 1350 g/mol. The number of halogens is 11. The van der Waals surface area contributed by atoms with E-state index in [1.54, 1.807) is 59.4 Å². The lowest BCUT2D eigenvalue weighted by atomic mass is 9.80. The quantitative estimate of drug-likeness (QED) is 0.0389. The van der Waals surface area contributed by atoms with Crippen LogP contribution in [0.2, 0.25) is 20.4 Å². The van der Waals surface area contributed by atoms with Crippen LogP contribution >= 0.6 is 91.1 Å². The molecule has 5 aromatic carbocycles. The molecule has 35 heteroatoms. The van der Waals surface area contributed by atoms with E-state index >= 15 is 0 Å². The molecule has 0 unspecified atom stereocenters. The van der Waals surface area contributed by atoms with Crippen LogP contribution in [0.4, 0.5) is 41.7 Å². The van der Waals surface area contributed by atoms with Crippen LogP contribution in [0.5, 0.6) is 0 Å². The zero-order chi connectivity index (χ0) is 62.1. The Morgan fingerprint density at radius 1 is 0.482 bits per heavy atom. The number of nitrogen functional groups attached to an aromatic ring is 1. The van der Waals surface area contributed by atoms with Crippen LogP contribution in [0.1, 0.15) is 11.1 Å². The van der Waals surface area contributed by atoms with Gasteiger partial charge < -0.3 is 15.8 Å². The molecule has 0 aliphatic rings. The summed E-state index contributed by atoms with van der Waals surface area (Å²) in [5.41, 5.74) is 3.91. The average Bonchev–Trinajstić information content (AvgIpc) is 4.44. The molecule has 11 aromatic rings. The second-order valence-electron chi connectivity index (χ2n) is 16.5. The topological polar surface area (TPSA) is 270 Å². The molecule has 0 fully saturated rings. The summed E-state index contributed by atoms with van der Waals surface area (Å²) in [5, 5.41) is 27.9. The van der Waals surface area contributed by atoms with Gasteiger partial charge in [-0.2, -0.15) is 26.3 Å². The molecule has 0 spiro atoms. The fourth-order valence-corrected chi connectivity index (χ4v) is 12.8. The second-order valence-corrected chi connectivity index (χ2v) is 26.7. The van der Waals surface area contributed by atoms with Crippen LogP contribution in [0.15, 0.2) is 177 Å². The van der Waals surface area contributed by atoms with Gasteiger partial charge in [0, 0.05) is 96.2 Å². The molecule has 85 heavy (non-hydrogen) atoms. The van der Waals surface area contributed by atoms with Crippen LogP contribution in [0.3, 0.4) is 0 Å². The van der Waals surface area contributed by atoms with Gasteiger partial charge in [-0.05, 0) is 101 Å².